The summed E-state index contributed by atoms with van der Waals surface area (Å²) in [7, 11) is 0. The fraction of sp³-hybridized carbons (Fsp3) is 0.154. The number of hydrogen-bond acceptors (Lipinski definition) is 3. The van der Waals surface area contributed by atoms with E-state index in [2.05, 4.69) is 20.8 Å². The molecule has 0 saturated heterocycles. The van der Waals surface area contributed by atoms with E-state index in [1.54, 1.807) is 18.2 Å². The maximum Gasteiger partial charge on any atom is 0.173 e. The van der Waals surface area contributed by atoms with Crippen LogP contribution in [-0.4, -0.2) is 21.9 Å². The molecule has 8 heteroatoms. The average molecular weight is 345 g/mol. The molecule has 0 fully saturated rings. The monoisotopic (exact) mass is 344 g/mol. The van der Waals surface area contributed by atoms with Gasteiger partial charge in [0.25, 0.3) is 0 Å². The summed E-state index contributed by atoms with van der Waals surface area (Å²) in [5.74, 6) is 0.0285. The highest BCUT2D eigenvalue weighted by Gasteiger charge is 2.07. The molecular weight excluding hydrogens is 334 g/mol. The first-order valence-corrected chi connectivity index (χ1v) is 7.19. The third-order valence-electron chi connectivity index (χ3n) is 2.63. The highest BCUT2D eigenvalue weighted by molar-refractivity contribution is 7.80. The van der Waals surface area contributed by atoms with Crippen LogP contribution in [0, 0.1) is 5.82 Å². The Labute approximate surface area is 136 Å². The van der Waals surface area contributed by atoms with E-state index in [1.807, 2.05) is 0 Å². The van der Waals surface area contributed by atoms with Crippen molar-refractivity contribution < 1.29 is 4.39 Å². The molecule has 0 atom stereocenters. The zero-order valence-electron chi connectivity index (χ0n) is 10.7. The molecule has 2 rings (SSSR count). The Morgan fingerprint density at radius 2 is 2.05 bits per heavy atom. The van der Waals surface area contributed by atoms with Crippen LogP contribution in [0.1, 0.15) is 5.56 Å². The lowest BCUT2D eigenvalue weighted by Gasteiger charge is -2.11. The summed E-state index contributed by atoms with van der Waals surface area (Å²) >= 11 is 17.0. The van der Waals surface area contributed by atoms with Gasteiger partial charge in [0.05, 0.1) is 11.2 Å². The van der Waals surface area contributed by atoms with Crippen molar-refractivity contribution in [3.63, 3.8) is 0 Å². The molecule has 2 aromatic rings. The number of nitrogens with zero attached hydrogens (tertiary/aromatic N) is 2. The van der Waals surface area contributed by atoms with Gasteiger partial charge in [0.1, 0.15) is 5.82 Å². The minimum absolute atomic E-state index is 0.324. The van der Waals surface area contributed by atoms with E-state index in [9.17, 15) is 4.39 Å². The number of thiocarbonyl (C=S) groups is 1. The third kappa shape index (κ3) is 4.49. The summed E-state index contributed by atoms with van der Waals surface area (Å²) in [6, 6.07) is 6.18. The van der Waals surface area contributed by atoms with E-state index in [-0.39, 0.29) is 5.82 Å². The fourth-order valence-corrected chi connectivity index (χ4v) is 2.22. The minimum Gasteiger partial charge on any atom is -0.362 e. The molecule has 0 spiro atoms. The molecule has 110 valence electrons. The maximum atomic E-state index is 13.6. The fourth-order valence-electron chi connectivity index (χ4n) is 1.63. The predicted octanol–water partition coefficient (Wildman–Crippen LogP) is 3.45. The lowest BCUT2D eigenvalue weighted by atomic mass is 10.1. The predicted molar refractivity (Wildman–Crippen MR) is 86.4 cm³/mol. The molecule has 0 aliphatic carbocycles. The Kier molecular flexibility index (Phi) is 5.67. The number of hydrogen-bond donors (Lipinski definition) is 2. The highest BCUT2D eigenvalue weighted by atomic mass is 35.5. The second-order valence-corrected chi connectivity index (χ2v) is 5.28. The molecule has 4 nitrogen and oxygen atoms in total. The van der Waals surface area contributed by atoms with Gasteiger partial charge in [-0.1, -0.05) is 29.3 Å². The quantitative estimate of drug-likeness (QED) is 0.832. The lowest BCUT2D eigenvalue weighted by molar-refractivity contribution is 0.607. The molecule has 0 radical (unpaired) electrons. The molecule has 1 heterocycles. The Morgan fingerprint density at radius 3 is 2.76 bits per heavy atom. The van der Waals surface area contributed by atoms with Crippen LogP contribution in [-0.2, 0) is 6.42 Å². The normalized spacial score (nSPS) is 10.2. The lowest BCUT2D eigenvalue weighted by Crippen LogP contribution is -2.30. The number of halogens is 3. The maximum absolute atomic E-state index is 13.6. The summed E-state index contributed by atoms with van der Waals surface area (Å²) in [4.78, 5) is 0. The summed E-state index contributed by atoms with van der Waals surface area (Å²) in [6.45, 7) is 0.421. The Hall–Kier alpha value is -1.50. The van der Waals surface area contributed by atoms with Crippen LogP contribution >= 0.6 is 35.4 Å². The Balaban J connectivity index is 1.86. The van der Waals surface area contributed by atoms with Gasteiger partial charge in [0.15, 0.2) is 10.9 Å². The van der Waals surface area contributed by atoms with Gasteiger partial charge in [-0.3, -0.25) is 0 Å². The first kappa shape index (κ1) is 15.9. The van der Waals surface area contributed by atoms with E-state index in [0.717, 1.165) is 0 Å². The molecule has 1 aromatic carbocycles. The number of benzene rings is 1. The molecule has 1 aromatic heterocycles. The minimum atomic E-state index is -0.333. The Morgan fingerprint density at radius 1 is 1.24 bits per heavy atom. The van der Waals surface area contributed by atoms with E-state index < -0.39 is 0 Å². The largest absolute Gasteiger partial charge is 0.362 e. The Bertz CT molecular complexity index is 634. The van der Waals surface area contributed by atoms with Crippen LogP contribution in [0.3, 0.4) is 0 Å². The van der Waals surface area contributed by atoms with E-state index in [1.165, 1.54) is 12.3 Å². The summed E-state index contributed by atoms with van der Waals surface area (Å²) < 4.78 is 13.6. The molecule has 0 amide bonds. The second kappa shape index (κ2) is 7.49. The number of anilines is 1. The van der Waals surface area contributed by atoms with Crippen molar-refractivity contribution in [2.45, 2.75) is 6.42 Å². The van der Waals surface area contributed by atoms with Gasteiger partial charge in [-0.25, -0.2) is 4.39 Å². The SMILES string of the molecule is Fc1cccc(Cl)c1CCNC(=S)Nc1nnccc1Cl. The van der Waals surface area contributed by atoms with Gasteiger partial charge in [-0.05, 0) is 36.8 Å². The van der Waals surface area contributed by atoms with Crippen molar-refractivity contribution >= 4 is 46.4 Å². The molecule has 0 saturated carbocycles. The van der Waals surface area contributed by atoms with Gasteiger partial charge >= 0.3 is 0 Å². The van der Waals surface area contributed by atoms with Crippen LogP contribution in [0.4, 0.5) is 10.2 Å². The van der Waals surface area contributed by atoms with Crippen LogP contribution in [0.5, 0.6) is 0 Å². The number of rotatable bonds is 4. The number of nitrogens with one attached hydrogen (secondary N) is 2. The molecule has 0 aliphatic rings. The summed E-state index contributed by atoms with van der Waals surface area (Å²) in [5.41, 5.74) is 0.451. The third-order valence-corrected chi connectivity index (χ3v) is 3.53. The van der Waals surface area contributed by atoms with Crippen molar-refractivity contribution in [1.29, 1.82) is 0 Å². The van der Waals surface area contributed by atoms with Crippen LogP contribution < -0.4 is 10.6 Å². The average Bonchev–Trinajstić information content (AvgIpc) is 2.45. The van der Waals surface area contributed by atoms with Crippen molar-refractivity contribution in [2.24, 2.45) is 0 Å². The standard InChI is InChI=1S/C13H11Cl2FN4S/c14-9-2-1-3-11(16)8(9)4-6-17-13(21)19-12-10(15)5-7-18-20-12/h1-3,5,7H,4,6H2,(H2,17,19,20,21). The van der Waals surface area contributed by atoms with Crippen LogP contribution in [0.15, 0.2) is 30.5 Å². The van der Waals surface area contributed by atoms with Gasteiger partial charge < -0.3 is 10.6 Å². The highest BCUT2D eigenvalue weighted by Crippen LogP contribution is 2.19. The smallest absolute Gasteiger partial charge is 0.173 e. The van der Waals surface area contributed by atoms with Gasteiger partial charge in [-0.15, -0.1) is 5.10 Å². The number of aromatic nitrogens is 2. The molecule has 2 N–H and O–H groups in total. The first-order chi connectivity index (χ1) is 10.1. The molecule has 21 heavy (non-hydrogen) atoms. The molecule has 0 aliphatic heterocycles. The van der Waals surface area contributed by atoms with Crippen molar-refractivity contribution in [3.05, 3.63) is 51.9 Å². The van der Waals surface area contributed by atoms with Gasteiger partial charge in [0.2, 0.25) is 0 Å². The summed E-state index contributed by atoms with van der Waals surface area (Å²) in [6.07, 6.45) is 1.88. The van der Waals surface area contributed by atoms with Gasteiger partial charge in [-0.2, -0.15) is 5.10 Å². The molecule has 0 bridgehead atoms. The zero-order chi connectivity index (χ0) is 15.2. The zero-order valence-corrected chi connectivity index (χ0v) is 13.1. The molecular formula is C13H11Cl2FN4S. The van der Waals surface area contributed by atoms with Crippen molar-refractivity contribution in [2.75, 3.05) is 11.9 Å². The topological polar surface area (TPSA) is 49.8 Å². The second-order valence-electron chi connectivity index (χ2n) is 4.06. The van der Waals surface area contributed by atoms with E-state index in [4.69, 9.17) is 35.4 Å². The van der Waals surface area contributed by atoms with E-state index >= 15 is 0 Å². The summed E-state index contributed by atoms with van der Waals surface area (Å²) in [5, 5.41) is 14.4. The first-order valence-electron chi connectivity index (χ1n) is 6.03. The van der Waals surface area contributed by atoms with Gasteiger partial charge in [0, 0.05) is 17.1 Å². The van der Waals surface area contributed by atoms with Crippen LogP contribution in [0.25, 0.3) is 0 Å². The van der Waals surface area contributed by atoms with Crippen molar-refractivity contribution in [1.82, 2.24) is 15.5 Å². The van der Waals surface area contributed by atoms with Crippen LogP contribution in [0.2, 0.25) is 10.0 Å². The van der Waals surface area contributed by atoms with Crippen molar-refractivity contribution in [3.8, 4) is 0 Å². The molecule has 0 unspecified atom stereocenters. The van der Waals surface area contributed by atoms with E-state index in [0.29, 0.717) is 39.5 Å².